The summed E-state index contributed by atoms with van der Waals surface area (Å²) < 4.78 is 27.0. The van der Waals surface area contributed by atoms with E-state index in [0.29, 0.717) is 24.6 Å². The lowest BCUT2D eigenvalue weighted by Crippen LogP contribution is -2.15. The van der Waals surface area contributed by atoms with E-state index in [-0.39, 0.29) is 12.4 Å². The maximum atomic E-state index is 10.9. The summed E-state index contributed by atoms with van der Waals surface area (Å²) in [6.07, 6.45) is 4.16. The van der Waals surface area contributed by atoms with E-state index in [1.165, 1.54) is 12.6 Å². The van der Waals surface area contributed by atoms with Crippen molar-refractivity contribution in [3.63, 3.8) is 0 Å². The van der Waals surface area contributed by atoms with Gasteiger partial charge in [0.15, 0.2) is 11.5 Å². The molecule has 2 aromatic heterocycles. The first kappa shape index (κ1) is 13.7. The molecular weight excluding hydrogens is 270 g/mol. The molecular formula is C10H15N5O3S. The van der Waals surface area contributed by atoms with Crippen LogP contribution in [0.2, 0.25) is 0 Å². The van der Waals surface area contributed by atoms with Crippen LogP contribution in [-0.2, 0) is 14.6 Å². The average molecular weight is 285 g/mol. The second kappa shape index (κ2) is 5.93. The van der Waals surface area contributed by atoms with E-state index >= 15 is 0 Å². The number of aromatic amines is 1. The minimum absolute atomic E-state index is 0.0330. The summed E-state index contributed by atoms with van der Waals surface area (Å²) in [5.74, 6) is 0.680. The summed E-state index contributed by atoms with van der Waals surface area (Å²) in [5.41, 5.74) is 1.33. The fourth-order valence-electron chi connectivity index (χ4n) is 1.45. The lowest BCUT2D eigenvalue weighted by atomic mass is 10.5. The van der Waals surface area contributed by atoms with Crippen molar-refractivity contribution in [2.45, 2.75) is 0 Å². The molecule has 0 saturated heterocycles. The van der Waals surface area contributed by atoms with Crippen LogP contribution in [0.25, 0.3) is 11.2 Å². The van der Waals surface area contributed by atoms with Crippen LogP contribution in [0, 0.1) is 0 Å². The number of H-pyrrole nitrogens is 1. The fraction of sp³-hybridized carbons (Fsp3) is 0.500. The van der Waals surface area contributed by atoms with Gasteiger partial charge in [-0.05, 0) is 0 Å². The van der Waals surface area contributed by atoms with E-state index in [1.54, 1.807) is 6.33 Å². The van der Waals surface area contributed by atoms with Gasteiger partial charge in [-0.1, -0.05) is 0 Å². The van der Waals surface area contributed by atoms with Crippen molar-refractivity contribution < 1.29 is 13.2 Å². The smallest absolute Gasteiger partial charge is 0.182 e. The van der Waals surface area contributed by atoms with Gasteiger partial charge >= 0.3 is 0 Å². The highest BCUT2D eigenvalue weighted by molar-refractivity contribution is 7.90. The first-order valence-electron chi connectivity index (χ1n) is 5.70. The van der Waals surface area contributed by atoms with Crippen molar-refractivity contribution >= 4 is 26.8 Å². The minimum Gasteiger partial charge on any atom is -0.379 e. The van der Waals surface area contributed by atoms with Gasteiger partial charge in [0.2, 0.25) is 0 Å². The molecule has 0 atom stereocenters. The van der Waals surface area contributed by atoms with E-state index in [9.17, 15) is 8.42 Å². The third-order valence-corrected chi connectivity index (χ3v) is 3.27. The summed E-state index contributed by atoms with van der Waals surface area (Å²) in [5, 5.41) is 3.07. The van der Waals surface area contributed by atoms with Gasteiger partial charge in [0.25, 0.3) is 0 Å². The van der Waals surface area contributed by atoms with Crippen LogP contribution >= 0.6 is 0 Å². The number of aromatic nitrogens is 4. The Morgan fingerprint density at radius 3 is 2.95 bits per heavy atom. The van der Waals surface area contributed by atoms with Gasteiger partial charge in [0.05, 0.1) is 25.3 Å². The Bertz CT molecular complexity index is 639. The van der Waals surface area contributed by atoms with Gasteiger partial charge in [-0.15, -0.1) is 0 Å². The molecule has 0 aliphatic heterocycles. The number of hydrogen-bond acceptors (Lipinski definition) is 7. The van der Waals surface area contributed by atoms with Gasteiger partial charge in [-0.2, -0.15) is 0 Å². The molecule has 9 heteroatoms. The molecule has 2 N–H and O–H groups in total. The van der Waals surface area contributed by atoms with Gasteiger partial charge in [0.1, 0.15) is 21.7 Å². The number of imidazole rings is 1. The van der Waals surface area contributed by atoms with Crippen molar-refractivity contribution in [3.8, 4) is 0 Å². The zero-order valence-corrected chi connectivity index (χ0v) is 11.3. The number of hydrogen-bond donors (Lipinski definition) is 2. The number of ether oxygens (including phenoxy) is 1. The van der Waals surface area contributed by atoms with Gasteiger partial charge < -0.3 is 15.0 Å². The summed E-state index contributed by atoms with van der Waals surface area (Å²) >= 11 is 0. The summed E-state index contributed by atoms with van der Waals surface area (Å²) in [7, 11) is -2.96. The monoisotopic (exact) mass is 285 g/mol. The molecule has 0 aliphatic carbocycles. The van der Waals surface area contributed by atoms with Gasteiger partial charge in [-0.3, -0.25) is 0 Å². The van der Waals surface area contributed by atoms with Crippen LogP contribution < -0.4 is 5.32 Å². The van der Waals surface area contributed by atoms with Crippen LogP contribution in [0.5, 0.6) is 0 Å². The number of fused-ring (bicyclic) bond motifs is 1. The molecule has 2 rings (SSSR count). The van der Waals surface area contributed by atoms with Crippen LogP contribution in [0.3, 0.4) is 0 Å². The lowest BCUT2D eigenvalue weighted by Gasteiger charge is -2.06. The van der Waals surface area contributed by atoms with Crippen molar-refractivity contribution in [2.75, 3.05) is 37.1 Å². The second-order valence-electron chi connectivity index (χ2n) is 3.99. The Balaban J connectivity index is 1.76. The van der Waals surface area contributed by atoms with Crippen molar-refractivity contribution in [3.05, 3.63) is 12.7 Å². The predicted molar refractivity (Wildman–Crippen MR) is 70.7 cm³/mol. The molecule has 0 unspecified atom stereocenters. The molecule has 0 radical (unpaired) electrons. The van der Waals surface area contributed by atoms with E-state index in [1.807, 2.05) is 0 Å². The van der Waals surface area contributed by atoms with E-state index in [2.05, 4.69) is 25.3 Å². The van der Waals surface area contributed by atoms with E-state index in [4.69, 9.17) is 4.74 Å². The average Bonchev–Trinajstić information content (AvgIpc) is 2.81. The normalized spacial score (nSPS) is 11.8. The maximum absolute atomic E-state index is 10.9. The van der Waals surface area contributed by atoms with Crippen molar-refractivity contribution in [1.82, 2.24) is 19.9 Å². The van der Waals surface area contributed by atoms with E-state index < -0.39 is 9.84 Å². The van der Waals surface area contributed by atoms with Crippen molar-refractivity contribution in [2.24, 2.45) is 0 Å². The maximum Gasteiger partial charge on any atom is 0.182 e. The quantitative estimate of drug-likeness (QED) is 0.679. The second-order valence-corrected chi connectivity index (χ2v) is 6.25. The number of rotatable bonds is 7. The molecule has 2 aromatic rings. The molecule has 0 aliphatic rings. The standard InChI is InChI=1S/C10H15N5O3S/c1-19(16,17)5-4-18-3-2-11-9-8-10(13-6-12-8)15-7-14-9/h6-7H,2-5H2,1H3,(H2,11,12,13,14,15). The number of anilines is 1. The molecule has 0 bridgehead atoms. The van der Waals surface area contributed by atoms with Crippen molar-refractivity contribution in [1.29, 1.82) is 0 Å². The topological polar surface area (TPSA) is 110 Å². The molecule has 19 heavy (non-hydrogen) atoms. The Kier molecular flexibility index (Phi) is 4.27. The van der Waals surface area contributed by atoms with Crippen LogP contribution in [0.15, 0.2) is 12.7 Å². The molecule has 0 fully saturated rings. The zero-order valence-electron chi connectivity index (χ0n) is 10.5. The highest BCUT2D eigenvalue weighted by Crippen LogP contribution is 2.13. The molecule has 104 valence electrons. The Hall–Kier alpha value is -1.74. The summed E-state index contributed by atoms with van der Waals surface area (Å²) in [6.45, 7) is 1.12. The number of nitrogens with zero attached hydrogens (tertiary/aromatic N) is 3. The third kappa shape index (κ3) is 4.14. The summed E-state index contributed by atoms with van der Waals surface area (Å²) in [4.78, 5) is 15.0. The summed E-state index contributed by atoms with van der Waals surface area (Å²) in [6, 6.07) is 0. The Morgan fingerprint density at radius 1 is 1.32 bits per heavy atom. The highest BCUT2D eigenvalue weighted by Gasteiger charge is 2.05. The van der Waals surface area contributed by atoms with Gasteiger partial charge in [0, 0.05) is 12.8 Å². The molecule has 0 amide bonds. The molecule has 0 spiro atoms. The minimum atomic E-state index is -2.96. The highest BCUT2D eigenvalue weighted by atomic mass is 32.2. The largest absolute Gasteiger partial charge is 0.379 e. The predicted octanol–water partition coefficient (Wildman–Crippen LogP) is -0.174. The first-order chi connectivity index (χ1) is 9.06. The molecule has 0 saturated carbocycles. The number of nitrogens with one attached hydrogen (secondary N) is 2. The molecule has 8 nitrogen and oxygen atoms in total. The first-order valence-corrected chi connectivity index (χ1v) is 7.76. The lowest BCUT2D eigenvalue weighted by molar-refractivity contribution is 0.159. The van der Waals surface area contributed by atoms with Crippen LogP contribution in [0.1, 0.15) is 0 Å². The SMILES string of the molecule is CS(=O)(=O)CCOCCNc1ncnc2nc[nH]c12. The van der Waals surface area contributed by atoms with Crippen LogP contribution in [0.4, 0.5) is 5.82 Å². The zero-order chi connectivity index (χ0) is 13.7. The molecule has 2 heterocycles. The Labute approximate surface area is 110 Å². The fourth-order valence-corrected chi connectivity index (χ4v) is 1.87. The van der Waals surface area contributed by atoms with Gasteiger partial charge in [-0.25, -0.2) is 23.4 Å². The third-order valence-electron chi connectivity index (χ3n) is 2.36. The van der Waals surface area contributed by atoms with Crippen LogP contribution in [-0.4, -0.2) is 60.1 Å². The number of sulfone groups is 1. The molecule has 0 aromatic carbocycles. The Morgan fingerprint density at radius 2 is 2.16 bits per heavy atom. The van der Waals surface area contributed by atoms with E-state index in [0.717, 1.165) is 5.52 Å².